The molecule has 1 saturated carbocycles. The first-order valence-electron chi connectivity index (χ1n) is 12.7. The molecule has 0 amide bonds. The number of unbranched alkanes of at least 4 members (excludes halogenated alkanes) is 6. The number of thioether (sulfide) groups is 1. The highest BCUT2D eigenvalue weighted by Gasteiger charge is 2.38. The zero-order valence-corrected chi connectivity index (χ0v) is 20.9. The monoisotopic (exact) mass is 458 g/mol. The Morgan fingerprint density at radius 2 is 1.88 bits per heavy atom. The lowest BCUT2D eigenvalue weighted by Gasteiger charge is -2.25. The van der Waals surface area contributed by atoms with Gasteiger partial charge in [0.05, 0.1) is 6.61 Å². The van der Waals surface area contributed by atoms with E-state index in [1.54, 1.807) is 0 Å². The molecule has 1 aliphatic carbocycles. The SMILES string of the molecule is CCCCC/C=C/C(Sc1ccccc1)C1CCC(=O)C1CCCCCCC(=O)OCC. The van der Waals surface area contributed by atoms with E-state index in [0.717, 1.165) is 51.4 Å². The van der Waals surface area contributed by atoms with Crippen LogP contribution in [0.4, 0.5) is 0 Å². The molecule has 0 spiro atoms. The molecule has 1 aromatic rings. The van der Waals surface area contributed by atoms with Crippen molar-refractivity contribution in [3.8, 4) is 0 Å². The van der Waals surface area contributed by atoms with Gasteiger partial charge in [0.2, 0.25) is 0 Å². The summed E-state index contributed by atoms with van der Waals surface area (Å²) in [5, 5.41) is 0.360. The van der Waals surface area contributed by atoms with Crippen LogP contribution in [-0.4, -0.2) is 23.6 Å². The molecule has 1 aliphatic rings. The largest absolute Gasteiger partial charge is 0.466 e. The van der Waals surface area contributed by atoms with Gasteiger partial charge in [-0.2, -0.15) is 0 Å². The number of Topliss-reactive ketones (excluding diaryl/α,β-unsaturated/α-hetero) is 1. The third kappa shape index (κ3) is 9.94. The first-order valence-corrected chi connectivity index (χ1v) is 13.6. The van der Waals surface area contributed by atoms with Crippen LogP contribution in [0.5, 0.6) is 0 Å². The van der Waals surface area contributed by atoms with Gasteiger partial charge in [0.1, 0.15) is 5.78 Å². The van der Waals surface area contributed by atoms with E-state index in [2.05, 4.69) is 49.4 Å². The normalized spacial score (nSPS) is 19.5. The number of rotatable bonds is 16. The van der Waals surface area contributed by atoms with Crippen molar-refractivity contribution in [3.05, 3.63) is 42.5 Å². The lowest BCUT2D eigenvalue weighted by Crippen LogP contribution is -2.23. The second-order valence-corrected chi connectivity index (χ2v) is 10.1. The molecule has 0 heterocycles. The summed E-state index contributed by atoms with van der Waals surface area (Å²) in [7, 11) is 0. The van der Waals surface area contributed by atoms with Gasteiger partial charge in [0.25, 0.3) is 0 Å². The summed E-state index contributed by atoms with van der Waals surface area (Å²) in [5.41, 5.74) is 0. The molecule has 3 unspecified atom stereocenters. The van der Waals surface area contributed by atoms with Gasteiger partial charge in [-0.3, -0.25) is 9.59 Å². The Morgan fingerprint density at radius 1 is 1.09 bits per heavy atom. The zero-order chi connectivity index (χ0) is 23.0. The van der Waals surface area contributed by atoms with E-state index in [1.165, 1.54) is 24.2 Å². The molecule has 0 saturated heterocycles. The van der Waals surface area contributed by atoms with Crippen molar-refractivity contribution in [2.75, 3.05) is 6.61 Å². The van der Waals surface area contributed by atoms with E-state index >= 15 is 0 Å². The van der Waals surface area contributed by atoms with Crippen molar-refractivity contribution in [1.29, 1.82) is 0 Å². The van der Waals surface area contributed by atoms with Crippen molar-refractivity contribution in [2.45, 2.75) is 101 Å². The number of allylic oxidation sites excluding steroid dienone is 1. The molecule has 0 aromatic heterocycles. The van der Waals surface area contributed by atoms with E-state index in [0.29, 0.717) is 30.0 Å². The van der Waals surface area contributed by atoms with Crippen LogP contribution in [0.15, 0.2) is 47.4 Å². The number of benzene rings is 1. The Kier molecular flexibility index (Phi) is 13.5. The molecule has 2 rings (SSSR count). The van der Waals surface area contributed by atoms with E-state index in [-0.39, 0.29) is 11.9 Å². The van der Waals surface area contributed by atoms with E-state index < -0.39 is 0 Å². The Bertz CT molecular complexity index is 685. The second-order valence-electron chi connectivity index (χ2n) is 8.85. The molecule has 178 valence electrons. The van der Waals surface area contributed by atoms with Crippen LogP contribution in [-0.2, 0) is 14.3 Å². The fourth-order valence-electron chi connectivity index (χ4n) is 4.59. The Hall–Kier alpha value is -1.55. The van der Waals surface area contributed by atoms with Crippen molar-refractivity contribution in [3.63, 3.8) is 0 Å². The molecular formula is C28H42O3S. The minimum absolute atomic E-state index is 0.0926. The molecule has 0 radical (unpaired) electrons. The Labute approximate surface area is 199 Å². The molecule has 1 fully saturated rings. The van der Waals surface area contributed by atoms with Crippen molar-refractivity contribution < 1.29 is 14.3 Å². The van der Waals surface area contributed by atoms with E-state index in [4.69, 9.17) is 4.74 Å². The van der Waals surface area contributed by atoms with Gasteiger partial charge >= 0.3 is 5.97 Å². The quantitative estimate of drug-likeness (QED) is 0.110. The van der Waals surface area contributed by atoms with Gasteiger partial charge < -0.3 is 4.74 Å². The molecule has 1 aromatic carbocycles. The predicted molar refractivity (Wildman–Crippen MR) is 135 cm³/mol. The number of hydrogen-bond acceptors (Lipinski definition) is 4. The van der Waals surface area contributed by atoms with Crippen LogP contribution < -0.4 is 0 Å². The maximum absolute atomic E-state index is 12.7. The molecule has 0 bridgehead atoms. The Morgan fingerprint density at radius 3 is 2.62 bits per heavy atom. The van der Waals surface area contributed by atoms with E-state index in [1.807, 2.05) is 18.7 Å². The average molecular weight is 459 g/mol. The topological polar surface area (TPSA) is 43.4 Å². The van der Waals surface area contributed by atoms with Gasteiger partial charge in [-0.05, 0) is 57.1 Å². The number of ketones is 1. The summed E-state index contributed by atoms with van der Waals surface area (Å²) in [6.45, 7) is 4.54. The molecule has 0 N–H and O–H groups in total. The smallest absolute Gasteiger partial charge is 0.305 e. The maximum Gasteiger partial charge on any atom is 0.305 e. The molecule has 32 heavy (non-hydrogen) atoms. The van der Waals surface area contributed by atoms with E-state index in [9.17, 15) is 9.59 Å². The number of ether oxygens (including phenoxy) is 1. The third-order valence-electron chi connectivity index (χ3n) is 6.34. The van der Waals surface area contributed by atoms with Crippen LogP contribution in [0.1, 0.15) is 90.9 Å². The van der Waals surface area contributed by atoms with Gasteiger partial charge in [-0.1, -0.05) is 69.4 Å². The molecule has 3 nitrogen and oxygen atoms in total. The lowest BCUT2D eigenvalue weighted by atomic mass is 9.87. The Balaban J connectivity index is 1.89. The van der Waals surface area contributed by atoms with Gasteiger partial charge in [0, 0.05) is 28.9 Å². The summed E-state index contributed by atoms with van der Waals surface area (Å²) in [5.74, 6) is 0.973. The highest BCUT2D eigenvalue weighted by Crippen LogP contribution is 2.42. The summed E-state index contributed by atoms with van der Waals surface area (Å²) in [6.07, 6.45) is 16.9. The minimum Gasteiger partial charge on any atom is -0.466 e. The van der Waals surface area contributed by atoms with Crippen LogP contribution in [0.25, 0.3) is 0 Å². The van der Waals surface area contributed by atoms with Crippen LogP contribution in [0.3, 0.4) is 0 Å². The molecule has 3 atom stereocenters. The van der Waals surface area contributed by atoms with Crippen molar-refractivity contribution in [1.82, 2.24) is 0 Å². The fraction of sp³-hybridized carbons (Fsp3) is 0.643. The van der Waals surface area contributed by atoms with Crippen LogP contribution in [0.2, 0.25) is 0 Å². The molecular weight excluding hydrogens is 416 g/mol. The highest BCUT2D eigenvalue weighted by atomic mass is 32.2. The third-order valence-corrected chi connectivity index (χ3v) is 7.67. The van der Waals surface area contributed by atoms with Gasteiger partial charge in [-0.15, -0.1) is 11.8 Å². The summed E-state index contributed by atoms with van der Waals surface area (Å²) < 4.78 is 4.99. The average Bonchev–Trinajstić information content (AvgIpc) is 3.16. The minimum atomic E-state index is -0.0926. The molecule has 4 heteroatoms. The fourth-order valence-corrected chi connectivity index (χ4v) is 5.91. The standard InChI is InChI=1S/C28H42O3S/c1-3-5-6-7-14-19-27(32-23-16-11-10-12-17-23)25-21-22-26(29)24(25)18-13-8-9-15-20-28(30)31-4-2/h10-12,14,16-17,19,24-25,27H,3-9,13,15,18,20-22H2,1-2H3/b19-14+. The zero-order valence-electron chi connectivity index (χ0n) is 20.1. The van der Waals surface area contributed by atoms with Crippen molar-refractivity contribution in [2.24, 2.45) is 11.8 Å². The first kappa shape index (κ1) is 26.7. The van der Waals surface area contributed by atoms with Crippen LogP contribution in [0, 0.1) is 11.8 Å². The molecule has 0 aliphatic heterocycles. The lowest BCUT2D eigenvalue weighted by molar-refractivity contribution is -0.143. The van der Waals surface area contributed by atoms with Gasteiger partial charge in [-0.25, -0.2) is 0 Å². The maximum atomic E-state index is 12.7. The predicted octanol–water partition coefficient (Wildman–Crippen LogP) is 7.78. The van der Waals surface area contributed by atoms with Crippen molar-refractivity contribution >= 4 is 23.5 Å². The highest BCUT2D eigenvalue weighted by molar-refractivity contribution is 8.00. The summed E-state index contributed by atoms with van der Waals surface area (Å²) >= 11 is 1.92. The number of carbonyl (C=O) groups is 2. The number of esters is 1. The summed E-state index contributed by atoms with van der Waals surface area (Å²) in [4.78, 5) is 25.5. The summed E-state index contributed by atoms with van der Waals surface area (Å²) in [6, 6.07) is 10.6. The number of hydrogen-bond donors (Lipinski definition) is 0. The number of carbonyl (C=O) groups excluding carboxylic acids is 2. The van der Waals surface area contributed by atoms with Gasteiger partial charge in [0.15, 0.2) is 0 Å². The second kappa shape index (κ2) is 16.1. The first-order chi connectivity index (χ1) is 15.7. The van der Waals surface area contributed by atoms with Crippen LogP contribution >= 0.6 is 11.8 Å².